The van der Waals surface area contributed by atoms with Crippen LogP contribution < -0.4 is 5.32 Å². The van der Waals surface area contributed by atoms with Gasteiger partial charge in [-0.05, 0) is 57.2 Å². The van der Waals surface area contributed by atoms with E-state index in [1.165, 1.54) is 14.2 Å². The summed E-state index contributed by atoms with van der Waals surface area (Å²) in [6.45, 7) is 12.1. The first kappa shape index (κ1) is 44.8. The van der Waals surface area contributed by atoms with Gasteiger partial charge in [0.25, 0.3) is 0 Å². The van der Waals surface area contributed by atoms with E-state index in [0.29, 0.717) is 91.1 Å². The Morgan fingerprint density at radius 2 is 1.23 bits per heavy atom. The number of thioether (sulfide) groups is 1. The van der Waals surface area contributed by atoms with Crippen molar-refractivity contribution >= 4 is 29.8 Å². The van der Waals surface area contributed by atoms with Crippen LogP contribution in [0.25, 0.3) is 0 Å². The number of amides is 1. The van der Waals surface area contributed by atoms with Gasteiger partial charge in [-0.3, -0.25) is 9.80 Å². The number of nitrogens with zero attached hydrogens (tertiary/aromatic N) is 4. The van der Waals surface area contributed by atoms with E-state index < -0.39 is 23.6 Å². The monoisotopic (exact) mass is 751 g/mol. The quantitative estimate of drug-likeness (QED) is 0.0775. The summed E-state index contributed by atoms with van der Waals surface area (Å²) >= 11 is 1.75. The summed E-state index contributed by atoms with van der Waals surface area (Å²) in [5.41, 5.74) is 1.42. The molecule has 0 aliphatic rings. The van der Waals surface area contributed by atoms with Gasteiger partial charge in [0.15, 0.2) is 0 Å². The first-order valence-corrected chi connectivity index (χ1v) is 18.6. The first-order valence-electron chi connectivity index (χ1n) is 17.5. The fourth-order valence-electron chi connectivity index (χ4n) is 4.62. The van der Waals surface area contributed by atoms with Gasteiger partial charge in [-0.25, -0.2) is 24.4 Å². The molecule has 0 spiro atoms. The number of aliphatic hydroxyl groups excluding tert-OH is 1. The number of esters is 2. The minimum atomic E-state index is -0.508. The Labute approximate surface area is 312 Å². The molecule has 0 radical (unpaired) electrons. The molecule has 0 unspecified atom stereocenters. The molecular formula is C36H57N5O10S. The van der Waals surface area contributed by atoms with Crippen LogP contribution >= 0.6 is 11.8 Å². The van der Waals surface area contributed by atoms with Gasteiger partial charge >= 0.3 is 18.0 Å². The van der Waals surface area contributed by atoms with E-state index in [4.69, 9.17) is 28.4 Å². The maximum atomic E-state index is 12.0. The molecule has 0 aliphatic carbocycles. The zero-order valence-electron chi connectivity index (χ0n) is 31.3. The van der Waals surface area contributed by atoms with E-state index in [1.807, 2.05) is 37.8 Å². The predicted molar refractivity (Wildman–Crippen MR) is 197 cm³/mol. The van der Waals surface area contributed by atoms with Crippen molar-refractivity contribution in [3.63, 3.8) is 0 Å². The van der Waals surface area contributed by atoms with E-state index >= 15 is 0 Å². The Balaban J connectivity index is 1.70. The third kappa shape index (κ3) is 20.6. The van der Waals surface area contributed by atoms with E-state index in [0.717, 1.165) is 23.6 Å². The number of methoxy groups -OCH3 is 2. The van der Waals surface area contributed by atoms with E-state index in [9.17, 15) is 19.5 Å². The van der Waals surface area contributed by atoms with Crippen molar-refractivity contribution < 1.29 is 47.9 Å². The van der Waals surface area contributed by atoms with Gasteiger partial charge in [-0.1, -0.05) is 12.1 Å². The number of hydrogen-bond donors (Lipinski definition) is 2. The topological polar surface area (TPSA) is 171 Å². The Kier molecular flexibility index (Phi) is 22.7. The summed E-state index contributed by atoms with van der Waals surface area (Å²) in [7, 11) is 2.65. The van der Waals surface area contributed by atoms with Gasteiger partial charge in [0.2, 0.25) is 0 Å². The summed E-state index contributed by atoms with van der Waals surface area (Å²) < 4.78 is 32.4. The van der Waals surface area contributed by atoms with Crippen LogP contribution in [0.4, 0.5) is 4.79 Å². The fraction of sp³-hybridized carbons (Fsp3) is 0.639. The van der Waals surface area contributed by atoms with Crippen molar-refractivity contribution in [1.82, 2.24) is 25.1 Å². The number of alkyl carbamates (subject to hydrolysis) is 1. The normalized spacial score (nSPS) is 11.5. The molecule has 52 heavy (non-hydrogen) atoms. The maximum absolute atomic E-state index is 12.0. The van der Waals surface area contributed by atoms with Crippen molar-refractivity contribution in [3.05, 3.63) is 59.2 Å². The lowest BCUT2D eigenvalue weighted by Gasteiger charge is -2.22. The van der Waals surface area contributed by atoms with Crippen molar-refractivity contribution in [3.8, 4) is 0 Å². The maximum Gasteiger partial charge on any atom is 0.407 e. The highest BCUT2D eigenvalue weighted by molar-refractivity contribution is 7.99. The Morgan fingerprint density at radius 1 is 0.731 bits per heavy atom. The Hall–Kier alpha value is -3.38. The summed E-state index contributed by atoms with van der Waals surface area (Å²) in [5, 5.41) is 12.3. The number of hydrogen-bond acceptors (Lipinski definition) is 15. The molecule has 15 nitrogen and oxygen atoms in total. The molecule has 0 atom stereocenters. The summed E-state index contributed by atoms with van der Waals surface area (Å²) in [6, 6.07) is 10.5. The molecule has 0 aliphatic heterocycles. The molecule has 0 aromatic carbocycles. The number of carbonyl (C=O) groups is 3. The first-order chi connectivity index (χ1) is 25.0. The standard InChI is InChI=1S/C36H57N5O10S/c1-36(2,3)51-35(45)37-13-26-52-25-8-19-48-20-16-41(28-30-10-7-12-32(39-30)34(44)47-5)17-22-50-24-23-49-21-15-40(14-18-42)27-29-9-6-11-31(38-29)33(43)46-4/h6-7,9-12,42H,8,13-28H2,1-5H3,(H,37,45). The van der Waals surface area contributed by atoms with Crippen molar-refractivity contribution in [2.45, 2.75) is 45.9 Å². The number of pyridine rings is 2. The number of carbonyl (C=O) groups excluding carboxylic acids is 3. The lowest BCUT2D eigenvalue weighted by molar-refractivity contribution is 0.0244. The Morgan fingerprint density at radius 3 is 1.71 bits per heavy atom. The van der Waals surface area contributed by atoms with Gasteiger partial charge in [0.1, 0.15) is 17.0 Å². The highest BCUT2D eigenvalue weighted by Gasteiger charge is 2.16. The van der Waals surface area contributed by atoms with E-state index in [2.05, 4.69) is 20.2 Å². The van der Waals surface area contributed by atoms with Gasteiger partial charge in [0.05, 0.1) is 65.2 Å². The van der Waals surface area contributed by atoms with Crippen molar-refractivity contribution in [1.29, 1.82) is 0 Å². The minimum Gasteiger partial charge on any atom is -0.464 e. The lowest BCUT2D eigenvalue weighted by Crippen LogP contribution is -2.33. The number of nitrogens with one attached hydrogen (secondary N) is 1. The molecule has 0 saturated heterocycles. The van der Waals surface area contributed by atoms with Crippen LogP contribution in [0.15, 0.2) is 36.4 Å². The molecule has 0 bridgehead atoms. The fourth-order valence-corrected chi connectivity index (χ4v) is 5.39. The average Bonchev–Trinajstić information content (AvgIpc) is 3.12. The lowest BCUT2D eigenvalue weighted by atomic mass is 10.2. The number of aliphatic hydroxyl groups is 1. The number of rotatable bonds is 27. The molecule has 2 heterocycles. The minimum absolute atomic E-state index is 0.0143. The molecular weight excluding hydrogens is 694 g/mol. The van der Waals surface area contributed by atoms with Crippen LogP contribution in [0.3, 0.4) is 0 Å². The molecule has 292 valence electrons. The van der Waals surface area contributed by atoms with Gasteiger partial charge in [0, 0.05) is 58.2 Å². The molecule has 2 aromatic rings. The second-order valence-corrected chi connectivity index (χ2v) is 13.7. The van der Waals surface area contributed by atoms with Gasteiger partial charge in [-0.2, -0.15) is 11.8 Å². The summed E-state index contributed by atoms with van der Waals surface area (Å²) in [5.74, 6) is 0.735. The van der Waals surface area contributed by atoms with E-state index in [1.54, 1.807) is 36.0 Å². The SMILES string of the molecule is COC(=O)c1cccc(CN(CCO)CCOCCOCCN(CCOCCCSCCNC(=O)OC(C)(C)C)Cc2cccc(C(=O)OC)n2)n1. The van der Waals surface area contributed by atoms with Crippen molar-refractivity contribution in [2.75, 3.05) is 105 Å². The molecule has 2 aromatic heterocycles. The Bertz CT molecular complexity index is 1320. The highest BCUT2D eigenvalue weighted by Crippen LogP contribution is 2.09. The molecule has 0 saturated carbocycles. The van der Waals surface area contributed by atoms with Crippen LogP contribution in [-0.4, -0.2) is 153 Å². The molecule has 16 heteroatoms. The zero-order valence-corrected chi connectivity index (χ0v) is 32.1. The van der Waals surface area contributed by atoms with Crippen LogP contribution in [-0.2, 0) is 41.5 Å². The van der Waals surface area contributed by atoms with Crippen molar-refractivity contribution in [2.24, 2.45) is 0 Å². The van der Waals surface area contributed by atoms with Gasteiger partial charge < -0.3 is 38.8 Å². The van der Waals surface area contributed by atoms with Gasteiger partial charge in [-0.15, -0.1) is 0 Å². The van der Waals surface area contributed by atoms with Crippen LogP contribution in [0.1, 0.15) is 59.6 Å². The second kappa shape index (κ2) is 26.4. The second-order valence-electron chi connectivity index (χ2n) is 12.5. The molecule has 1 amide bonds. The molecule has 2 rings (SSSR count). The van der Waals surface area contributed by atoms with Crippen LogP contribution in [0.5, 0.6) is 0 Å². The third-order valence-corrected chi connectivity index (χ3v) is 8.18. The average molecular weight is 752 g/mol. The number of aromatic nitrogens is 2. The summed E-state index contributed by atoms with van der Waals surface area (Å²) in [4.78, 5) is 48.5. The molecule has 2 N–H and O–H groups in total. The smallest absolute Gasteiger partial charge is 0.407 e. The highest BCUT2D eigenvalue weighted by atomic mass is 32.2. The predicted octanol–water partition coefficient (Wildman–Crippen LogP) is 3.04. The zero-order chi connectivity index (χ0) is 38.0. The van der Waals surface area contributed by atoms with E-state index in [-0.39, 0.29) is 18.0 Å². The molecule has 0 fully saturated rings. The largest absolute Gasteiger partial charge is 0.464 e. The number of ether oxygens (including phenoxy) is 6. The van der Waals surface area contributed by atoms with Crippen LogP contribution in [0.2, 0.25) is 0 Å². The summed E-state index contributed by atoms with van der Waals surface area (Å²) in [6.07, 6.45) is 0.487. The van der Waals surface area contributed by atoms with Crippen LogP contribution in [0, 0.1) is 0 Å². The third-order valence-electron chi connectivity index (χ3n) is 7.11.